The molecule has 2 aliphatic rings. The van der Waals surface area contributed by atoms with Crippen molar-refractivity contribution in [3.05, 3.63) is 42.0 Å². The van der Waals surface area contributed by atoms with Gasteiger partial charge in [0.2, 0.25) is 0 Å². The maximum Gasteiger partial charge on any atom is 0.391 e. The van der Waals surface area contributed by atoms with Crippen LogP contribution in [-0.2, 0) is 11.3 Å². The quantitative estimate of drug-likeness (QED) is 0.637. The minimum Gasteiger partial charge on any atom is -0.481 e. The van der Waals surface area contributed by atoms with Gasteiger partial charge in [-0.1, -0.05) is 18.2 Å². The van der Waals surface area contributed by atoms with Crippen molar-refractivity contribution in [2.24, 2.45) is 11.8 Å². The van der Waals surface area contributed by atoms with Gasteiger partial charge in [0, 0.05) is 18.3 Å². The number of rotatable bonds is 5. The minimum atomic E-state index is -4.07. The number of hydrogen-bond donors (Lipinski definition) is 2. The largest absolute Gasteiger partial charge is 0.481 e. The van der Waals surface area contributed by atoms with E-state index in [1.165, 1.54) is 5.56 Å². The number of carboxylic acids is 1. The summed E-state index contributed by atoms with van der Waals surface area (Å²) in [7, 11) is 0. The highest BCUT2D eigenvalue weighted by Crippen LogP contribution is 2.38. The molecule has 0 radical (unpaired) electrons. The van der Waals surface area contributed by atoms with Crippen LogP contribution in [0.25, 0.3) is 10.8 Å². The van der Waals surface area contributed by atoms with Crippen LogP contribution in [0.3, 0.4) is 0 Å². The molecule has 0 unspecified atom stereocenters. The highest BCUT2D eigenvalue weighted by molar-refractivity contribution is 5.86. The second kappa shape index (κ2) is 9.07. The van der Waals surface area contributed by atoms with E-state index < -0.39 is 18.1 Å². The molecule has 2 aromatic rings. The normalized spacial score (nSPS) is 23.7. The summed E-state index contributed by atoms with van der Waals surface area (Å²) in [6.07, 6.45) is -1.20. The van der Waals surface area contributed by atoms with E-state index in [2.05, 4.69) is 40.5 Å². The number of alkyl halides is 3. The van der Waals surface area contributed by atoms with Gasteiger partial charge in [-0.25, -0.2) is 0 Å². The molecule has 0 spiro atoms. The summed E-state index contributed by atoms with van der Waals surface area (Å²) < 4.78 is 38.6. The Kier molecular flexibility index (Phi) is 6.42. The summed E-state index contributed by atoms with van der Waals surface area (Å²) in [5, 5.41) is 14.8. The lowest BCUT2D eigenvalue weighted by atomic mass is 9.85. The van der Waals surface area contributed by atoms with E-state index in [0.29, 0.717) is 25.7 Å². The Bertz CT molecular complexity index is 915. The molecular weight excluding hydrogens is 405 g/mol. The molecule has 1 aliphatic heterocycles. The Morgan fingerprint density at radius 2 is 1.61 bits per heavy atom. The van der Waals surface area contributed by atoms with Crippen LogP contribution >= 0.6 is 0 Å². The van der Waals surface area contributed by atoms with Crippen molar-refractivity contribution >= 4 is 22.4 Å². The Balaban J connectivity index is 1.34. The molecule has 4 rings (SSSR count). The summed E-state index contributed by atoms with van der Waals surface area (Å²) in [4.78, 5) is 13.4. The lowest BCUT2D eigenvalue weighted by molar-refractivity contribution is -0.182. The Morgan fingerprint density at radius 1 is 0.968 bits per heavy atom. The number of nitrogens with zero attached hydrogens (tertiary/aromatic N) is 1. The summed E-state index contributed by atoms with van der Waals surface area (Å²) >= 11 is 0. The van der Waals surface area contributed by atoms with Gasteiger partial charge in [0.15, 0.2) is 0 Å². The van der Waals surface area contributed by atoms with Crippen molar-refractivity contribution in [3.8, 4) is 0 Å². The molecular formula is C24H29F3N2O2. The number of carboxylic acid groups (broad SMARTS) is 1. The van der Waals surface area contributed by atoms with E-state index >= 15 is 0 Å². The first-order valence-corrected chi connectivity index (χ1v) is 11.1. The molecule has 0 aromatic heterocycles. The van der Waals surface area contributed by atoms with Crippen LogP contribution in [0.15, 0.2) is 36.4 Å². The first-order chi connectivity index (χ1) is 14.8. The molecule has 2 N–H and O–H groups in total. The number of fused-ring (bicyclic) bond motifs is 1. The van der Waals surface area contributed by atoms with Gasteiger partial charge in [0.05, 0.1) is 11.8 Å². The molecule has 1 heterocycles. The summed E-state index contributed by atoms with van der Waals surface area (Å²) in [5.41, 5.74) is 2.15. The fourth-order valence-corrected chi connectivity index (χ4v) is 4.88. The molecule has 168 valence electrons. The smallest absolute Gasteiger partial charge is 0.391 e. The average Bonchev–Trinajstić information content (AvgIpc) is 2.74. The molecule has 4 nitrogen and oxygen atoms in total. The van der Waals surface area contributed by atoms with Crippen LogP contribution in [0.4, 0.5) is 18.9 Å². The van der Waals surface area contributed by atoms with Gasteiger partial charge in [-0.2, -0.15) is 13.2 Å². The van der Waals surface area contributed by atoms with Crippen LogP contribution in [-0.4, -0.2) is 41.3 Å². The first kappa shape index (κ1) is 21.9. The second-order valence-corrected chi connectivity index (χ2v) is 9.02. The minimum absolute atomic E-state index is 0.0871. The number of benzene rings is 2. The lowest BCUT2D eigenvalue weighted by Gasteiger charge is -2.31. The van der Waals surface area contributed by atoms with Gasteiger partial charge in [-0.15, -0.1) is 0 Å². The standard InChI is InChI=1S/C24H29F3N2O2/c25-24(26,27)20-4-7-21(8-5-20)28-22-6-3-18-13-16(1-2-19(18)14-22)15-29-11-9-17(10-12-29)23(30)31/h1-3,6,13-14,17,20-21,28H,4-5,7-12,15H2,(H,30,31). The molecule has 1 aliphatic carbocycles. The molecule has 2 fully saturated rings. The van der Waals surface area contributed by atoms with Crippen molar-refractivity contribution in [2.45, 2.75) is 57.3 Å². The van der Waals surface area contributed by atoms with E-state index in [1.807, 2.05) is 6.07 Å². The van der Waals surface area contributed by atoms with E-state index in [-0.39, 0.29) is 24.8 Å². The average molecular weight is 435 g/mol. The van der Waals surface area contributed by atoms with E-state index in [4.69, 9.17) is 5.11 Å². The molecule has 0 atom stereocenters. The third-order valence-electron chi connectivity index (χ3n) is 6.81. The molecule has 1 saturated heterocycles. The number of halogens is 3. The fourth-order valence-electron chi connectivity index (χ4n) is 4.88. The van der Waals surface area contributed by atoms with Crippen LogP contribution in [0.1, 0.15) is 44.1 Å². The zero-order valence-corrected chi connectivity index (χ0v) is 17.5. The zero-order chi connectivity index (χ0) is 22.0. The Labute approximate surface area is 180 Å². The lowest BCUT2D eigenvalue weighted by Crippen LogP contribution is -2.35. The van der Waals surface area contributed by atoms with Crippen molar-refractivity contribution in [2.75, 3.05) is 18.4 Å². The Morgan fingerprint density at radius 3 is 2.26 bits per heavy atom. The summed E-state index contributed by atoms with van der Waals surface area (Å²) in [6.45, 7) is 2.41. The van der Waals surface area contributed by atoms with Crippen LogP contribution < -0.4 is 5.32 Å². The van der Waals surface area contributed by atoms with Gasteiger partial charge in [-0.3, -0.25) is 9.69 Å². The maximum atomic E-state index is 12.9. The highest BCUT2D eigenvalue weighted by Gasteiger charge is 2.41. The van der Waals surface area contributed by atoms with Crippen molar-refractivity contribution in [1.29, 1.82) is 0 Å². The molecule has 0 bridgehead atoms. The topological polar surface area (TPSA) is 52.6 Å². The Hall–Kier alpha value is -2.28. The number of carbonyl (C=O) groups is 1. The summed E-state index contributed by atoms with van der Waals surface area (Å²) in [6, 6.07) is 12.6. The predicted octanol–water partition coefficient (Wildman–Crippen LogP) is 5.67. The van der Waals surface area contributed by atoms with E-state index in [1.54, 1.807) is 0 Å². The number of aliphatic carboxylic acids is 1. The van der Waals surface area contributed by atoms with E-state index in [0.717, 1.165) is 36.1 Å². The predicted molar refractivity (Wildman–Crippen MR) is 115 cm³/mol. The van der Waals surface area contributed by atoms with Crippen LogP contribution in [0, 0.1) is 11.8 Å². The molecule has 31 heavy (non-hydrogen) atoms. The highest BCUT2D eigenvalue weighted by atomic mass is 19.4. The number of hydrogen-bond acceptors (Lipinski definition) is 3. The number of nitrogens with one attached hydrogen (secondary N) is 1. The first-order valence-electron chi connectivity index (χ1n) is 11.1. The van der Waals surface area contributed by atoms with Crippen molar-refractivity contribution in [1.82, 2.24) is 4.90 Å². The SMILES string of the molecule is O=C(O)C1CCN(Cc2ccc3cc(NC4CCC(C(F)(F)F)CC4)ccc3c2)CC1. The van der Waals surface area contributed by atoms with Crippen LogP contribution in [0.2, 0.25) is 0 Å². The van der Waals surface area contributed by atoms with Gasteiger partial charge >= 0.3 is 12.1 Å². The van der Waals surface area contributed by atoms with Gasteiger partial charge in [-0.05, 0) is 86.1 Å². The molecule has 0 amide bonds. The zero-order valence-electron chi connectivity index (χ0n) is 17.5. The second-order valence-electron chi connectivity index (χ2n) is 9.02. The van der Waals surface area contributed by atoms with Gasteiger partial charge in [0.1, 0.15) is 0 Å². The fraction of sp³-hybridized carbons (Fsp3) is 0.542. The van der Waals surface area contributed by atoms with Crippen molar-refractivity contribution < 1.29 is 23.1 Å². The monoisotopic (exact) mass is 434 g/mol. The van der Waals surface area contributed by atoms with Crippen molar-refractivity contribution in [3.63, 3.8) is 0 Å². The summed E-state index contributed by atoms with van der Waals surface area (Å²) in [5.74, 6) is -2.07. The third-order valence-corrected chi connectivity index (χ3v) is 6.81. The molecule has 1 saturated carbocycles. The van der Waals surface area contributed by atoms with Gasteiger partial charge < -0.3 is 10.4 Å². The van der Waals surface area contributed by atoms with Gasteiger partial charge in [0.25, 0.3) is 0 Å². The molecule has 2 aromatic carbocycles. The number of piperidine rings is 1. The number of likely N-dealkylation sites (tertiary alicyclic amines) is 1. The third kappa shape index (κ3) is 5.50. The molecule has 7 heteroatoms. The van der Waals surface area contributed by atoms with E-state index in [9.17, 15) is 18.0 Å². The maximum absolute atomic E-state index is 12.9. The van der Waals surface area contributed by atoms with Crippen LogP contribution in [0.5, 0.6) is 0 Å². The number of anilines is 1.